The quantitative estimate of drug-likeness (QED) is 0.783. The maximum absolute atomic E-state index is 12.7. The molecular weight excluding hydrogens is 381 g/mol. The van der Waals surface area contributed by atoms with Gasteiger partial charge in [0.05, 0.1) is 13.2 Å². The summed E-state index contributed by atoms with van der Waals surface area (Å²) in [5, 5.41) is 7.35. The van der Waals surface area contributed by atoms with Crippen LogP contribution in [0.2, 0.25) is 0 Å². The number of benzene rings is 2. The minimum Gasteiger partial charge on any atom is -0.496 e. The second-order valence-corrected chi connectivity index (χ2v) is 7.79. The second kappa shape index (κ2) is 7.88. The highest BCUT2D eigenvalue weighted by Crippen LogP contribution is 2.46. The largest absolute Gasteiger partial charge is 0.573 e. The van der Waals surface area contributed by atoms with Crippen molar-refractivity contribution < 1.29 is 22.6 Å². The molecule has 1 spiro atoms. The van der Waals surface area contributed by atoms with Gasteiger partial charge in [0.25, 0.3) is 0 Å². The van der Waals surface area contributed by atoms with Crippen LogP contribution >= 0.6 is 0 Å². The van der Waals surface area contributed by atoms with Crippen molar-refractivity contribution in [2.24, 2.45) is 0 Å². The van der Waals surface area contributed by atoms with E-state index in [4.69, 9.17) is 4.74 Å². The fourth-order valence-corrected chi connectivity index (χ4v) is 4.84. The fraction of sp³-hybridized carbons (Fsp3) is 0.455. The first kappa shape index (κ1) is 20.0. The van der Waals surface area contributed by atoms with Gasteiger partial charge in [-0.15, -0.1) is 13.2 Å². The van der Waals surface area contributed by atoms with Crippen LogP contribution in [0.25, 0.3) is 0 Å². The number of rotatable bonds is 4. The average Bonchev–Trinajstić information content (AvgIpc) is 3.12. The van der Waals surface area contributed by atoms with Gasteiger partial charge in [-0.05, 0) is 49.6 Å². The summed E-state index contributed by atoms with van der Waals surface area (Å²) >= 11 is 0. The molecule has 0 saturated carbocycles. The molecule has 0 bridgehead atoms. The number of ether oxygens (including phenoxy) is 2. The minimum atomic E-state index is -4.72. The maximum Gasteiger partial charge on any atom is 0.573 e. The molecule has 0 amide bonds. The zero-order valence-electron chi connectivity index (χ0n) is 16.3. The number of piperidine rings is 1. The smallest absolute Gasteiger partial charge is 0.496 e. The lowest BCUT2D eigenvalue weighted by molar-refractivity contribution is -0.274. The zero-order valence-corrected chi connectivity index (χ0v) is 16.3. The van der Waals surface area contributed by atoms with E-state index in [-0.39, 0.29) is 23.2 Å². The highest BCUT2D eigenvalue weighted by Gasteiger charge is 2.47. The molecule has 2 fully saturated rings. The fourth-order valence-electron chi connectivity index (χ4n) is 4.84. The van der Waals surface area contributed by atoms with E-state index in [1.807, 2.05) is 18.2 Å². The Morgan fingerprint density at radius 2 is 1.90 bits per heavy atom. The average molecular weight is 406 g/mol. The molecule has 2 heterocycles. The van der Waals surface area contributed by atoms with Crippen molar-refractivity contribution in [3.63, 3.8) is 0 Å². The Bertz CT molecular complexity index is 844. The molecule has 2 aliphatic rings. The Morgan fingerprint density at radius 1 is 1.10 bits per heavy atom. The van der Waals surface area contributed by atoms with E-state index in [1.54, 1.807) is 6.07 Å². The number of hydrogen-bond donors (Lipinski definition) is 2. The molecule has 2 N–H and O–H groups in total. The molecule has 156 valence electrons. The lowest BCUT2D eigenvalue weighted by Gasteiger charge is -2.43. The van der Waals surface area contributed by atoms with Crippen LogP contribution in [0.3, 0.4) is 0 Å². The van der Waals surface area contributed by atoms with Crippen molar-refractivity contribution in [2.45, 2.75) is 43.1 Å². The third-order valence-corrected chi connectivity index (χ3v) is 6.02. The molecule has 29 heavy (non-hydrogen) atoms. The number of hydrogen-bond acceptors (Lipinski definition) is 4. The van der Waals surface area contributed by atoms with Crippen LogP contribution in [0.5, 0.6) is 11.5 Å². The van der Waals surface area contributed by atoms with Crippen LogP contribution in [-0.4, -0.2) is 32.1 Å². The minimum absolute atomic E-state index is 0.0350. The van der Waals surface area contributed by atoms with Crippen molar-refractivity contribution in [3.05, 3.63) is 59.7 Å². The summed E-state index contributed by atoms with van der Waals surface area (Å²) in [6.45, 7) is 1.63. The number of nitrogens with one attached hydrogen (secondary N) is 2. The number of methoxy groups -OCH3 is 1. The molecular formula is C22H25F3N2O2. The van der Waals surface area contributed by atoms with Crippen LogP contribution in [0.15, 0.2) is 48.5 Å². The summed E-state index contributed by atoms with van der Waals surface area (Å²) in [5.74, 6) is 0.409. The van der Waals surface area contributed by atoms with Crippen molar-refractivity contribution >= 4 is 0 Å². The maximum atomic E-state index is 12.7. The summed E-state index contributed by atoms with van der Waals surface area (Å²) < 4.78 is 47.6. The number of alkyl halides is 3. The summed E-state index contributed by atoms with van der Waals surface area (Å²) in [4.78, 5) is 0. The summed E-state index contributed by atoms with van der Waals surface area (Å²) in [6, 6.07) is 14.8. The Labute approximate surface area is 168 Å². The third kappa shape index (κ3) is 4.21. The van der Waals surface area contributed by atoms with E-state index in [2.05, 4.69) is 27.5 Å². The van der Waals surface area contributed by atoms with Crippen LogP contribution in [0.4, 0.5) is 13.2 Å². The van der Waals surface area contributed by atoms with E-state index < -0.39 is 6.36 Å². The van der Waals surface area contributed by atoms with Gasteiger partial charge in [-0.25, -0.2) is 0 Å². The van der Waals surface area contributed by atoms with Gasteiger partial charge in [0.2, 0.25) is 0 Å². The Kier molecular flexibility index (Phi) is 5.44. The van der Waals surface area contributed by atoms with Gasteiger partial charge in [-0.2, -0.15) is 0 Å². The molecule has 7 heteroatoms. The second-order valence-electron chi connectivity index (χ2n) is 7.79. The van der Waals surface area contributed by atoms with E-state index in [1.165, 1.54) is 24.8 Å². The molecule has 2 saturated heterocycles. The van der Waals surface area contributed by atoms with Gasteiger partial charge < -0.3 is 20.1 Å². The lowest BCUT2D eigenvalue weighted by atomic mass is 9.75. The van der Waals surface area contributed by atoms with E-state index in [0.717, 1.165) is 31.4 Å². The summed E-state index contributed by atoms with van der Waals surface area (Å²) in [5.41, 5.74) is 1.83. The highest BCUT2D eigenvalue weighted by molar-refractivity contribution is 5.44. The van der Waals surface area contributed by atoms with Crippen molar-refractivity contribution in [1.82, 2.24) is 10.6 Å². The van der Waals surface area contributed by atoms with Crippen LogP contribution in [0.1, 0.15) is 42.3 Å². The lowest BCUT2D eigenvalue weighted by Crippen LogP contribution is -2.54. The predicted octanol–water partition coefficient (Wildman–Crippen LogP) is 4.53. The van der Waals surface area contributed by atoms with E-state index >= 15 is 0 Å². The molecule has 2 aromatic carbocycles. The van der Waals surface area contributed by atoms with Gasteiger partial charge in [-0.3, -0.25) is 0 Å². The zero-order chi connectivity index (χ0) is 20.5. The molecule has 3 unspecified atom stereocenters. The molecule has 4 rings (SSSR count). The van der Waals surface area contributed by atoms with E-state index in [0.29, 0.717) is 12.3 Å². The standard InChI is InChI=1S/C22H25F3N2O2/c1-28-19-9-8-17(29-22(23,24)25)12-18(19)16-13-21(27-14-16)10-5-11-26-20(21)15-6-3-2-4-7-15/h2-4,6-9,12,16,20,26-27H,5,10-11,13-14H2,1H3. The van der Waals surface area contributed by atoms with Gasteiger partial charge >= 0.3 is 6.36 Å². The SMILES string of the molecule is COc1ccc(OC(F)(F)F)cc1C1CNC2(CCCNC2c2ccccc2)C1. The predicted molar refractivity (Wildman–Crippen MR) is 104 cm³/mol. The van der Waals surface area contributed by atoms with Crippen LogP contribution < -0.4 is 20.1 Å². The molecule has 4 nitrogen and oxygen atoms in total. The molecule has 0 aliphatic carbocycles. The molecule has 0 radical (unpaired) electrons. The summed E-state index contributed by atoms with van der Waals surface area (Å²) in [6.07, 6.45) is -1.84. The van der Waals surface area contributed by atoms with Crippen LogP contribution in [0, 0.1) is 0 Å². The molecule has 2 aromatic rings. The van der Waals surface area contributed by atoms with Crippen molar-refractivity contribution in [2.75, 3.05) is 20.2 Å². The van der Waals surface area contributed by atoms with E-state index in [9.17, 15) is 13.2 Å². The Balaban J connectivity index is 1.62. The normalized spacial score (nSPS) is 27.2. The van der Waals surface area contributed by atoms with Gasteiger partial charge in [0, 0.05) is 23.6 Å². The molecule has 2 aliphatic heterocycles. The first-order chi connectivity index (χ1) is 13.9. The topological polar surface area (TPSA) is 42.5 Å². The molecule has 3 atom stereocenters. The van der Waals surface area contributed by atoms with Crippen molar-refractivity contribution in [3.8, 4) is 11.5 Å². The summed E-state index contributed by atoms with van der Waals surface area (Å²) in [7, 11) is 1.54. The Hall–Kier alpha value is -2.25. The van der Waals surface area contributed by atoms with Gasteiger partial charge in [0.1, 0.15) is 11.5 Å². The first-order valence-electron chi connectivity index (χ1n) is 9.87. The monoisotopic (exact) mass is 406 g/mol. The van der Waals surface area contributed by atoms with Crippen molar-refractivity contribution in [1.29, 1.82) is 0 Å². The Morgan fingerprint density at radius 3 is 2.62 bits per heavy atom. The first-order valence-corrected chi connectivity index (χ1v) is 9.87. The third-order valence-electron chi connectivity index (χ3n) is 6.02. The molecule has 0 aromatic heterocycles. The van der Waals surface area contributed by atoms with Gasteiger partial charge in [-0.1, -0.05) is 30.3 Å². The van der Waals surface area contributed by atoms with Crippen LogP contribution in [-0.2, 0) is 0 Å². The highest BCUT2D eigenvalue weighted by atomic mass is 19.4. The number of halogens is 3. The van der Waals surface area contributed by atoms with Gasteiger partial charge in [0.15, 0.2) is 0 Å².